The summed E-state index contributed by atoms with van der Waals surface area (Å²) in [4.78, 5) is 0.907. The number of aliphatic hydroxyl groups is 1. The molecule has 2 nitrogen and oxygen atoms in total. The second kappa shape index (κ2) is 7.41. The summed E-state index contributed by atoms with van der Waals surface area (Å²) in [6.07, 6.45) is -4.95. The first-order chi connectivity index (χ1) is 8.51. The predicted octanol–water partition coefficient (Wildman–Crippen LogP) is 2.95. The fourth-order valence-electron chi connectivity index (χ4n) is 1.21. The zero-order valence-electron chi connectivity index (χ0n) is 9.59. The molecule has 0 aromatic carbocycles. The molecule has 1 heterocycles. The highest BCUT2D eigenvalue weighted by atomic mass is 32.1. The van der Waals surface area contributed by atoms with E-state index in [0.717, 1.165) is 10.4 Å². The fraction of sp³-hybridized carbons (Fsp3) is 0.500. The molecule has 0 unspecified atom stereocenters. The van der Waals surface area contributed by atoms with Gasteiger partial charge < -0.3 is 9.84 Å². The molecular formula is C12H13F3O2S. The van der Waals surface area contributed by atoms with Gasteiger partial charge in [0.2, 0.25) is 0 Å². The minimum atomic E-state index is -4.11. The summed E-state index contributed by atoms with van der Waals surface area (Å²) in [6, 6.07) is 1.80. The molecule has 0 bridgehead atoms. The lowest BCUT2D eigenvalue weighted by Gasteiger charge is -2.05. The molecule has 0 fully saturated rings. The van der Waals surface area contributed by atoms with Crippen LogP contribution in [0.15, 0.2) is 11.4 Å². The van der Waals surface area contributed by atoms with Crippen LogP contribution in [0.4, 0.5) is 13.2 Å². The molecule has 0 aliphatic heterocycles. The second-order valence-corrected chi connectivity index (χ2v) is 4.53. The van der Waals surface area contributed by atoms with Gasteiger partial charge in [-0.2, -0.15) is 13.2 Å². The molecule has 0 amide bonds. The Morgan fingerprint density at radius 2 is 2.17 bits per heavy atom. The summed E-state index contributed by atoms with van der Waals surface area (Å²) < 4.78 is 40.7. The number of aliphatic hydroxyl groups excluding tert-OH is 1. The lowest BCUT2D eigenvalue weighted by Crippen LogP contribution is -2.08. The van der Waals surface area contributed by atoms with Crippen molar-refractivity contribution in [3.63, 3.8) is 0 Å². The van der Waals surface area contributed by atoms with Crippen molar-refractivity contribution in [2.24, 2.45) is 0 Å². The van der Waals surface area contributed by atoms with Gasteiger partial charge in [0.1, 0.15) is 6.61 Å². The minimum absolute atomic E-state index is 0.0218. The van der Waals surface area contributed by atoms with Gasteiger partial charge in [-0.1, -0.05) is 11.8 Å². The SMILES string of the molecule is OCC#Cc1csc(COCCCC(F)(F)F)c1. The number of hydrogen-bond donors (Lipinski definition) is 1. The van der Waals surface area contributed by atoms with Crippen molar-refractivity contribution in [3.8, 4) is 11.8 Å². The van der Waals surface area contributed by atoms with Crippen molar-refractivity contribution < 1.29 is 23.0 Å². The Balaban J connectivity index is 2.21. The van der Waals surface area contributed by atoms with E-state index in [-0.39, 0.29) is 19.6 Å². The molecule has 0 saturated carbocycles. The monoisotopic (exact) mass is 278 g/mol. The maximum atomic E-state index is 11.8. The average molecular weight is 278 g/mol. The Morgan fingerprint density at radius 1 is 1.39 bits per heavy atom. The molecule has 0 atom stereocenters. The van der Waals surface area contributed by atoms with Gasteiger partial charge in [0.15, 0.2) is 0 Å². The molecule has 1 aromatic rings. The normalized spacial score (nSPS) is 11.1. The third-order valence-electron chi connectivity index (χ3n) is 1.96. The summed E-state index contributed by atoms with van der Waals surface area (Å²) in [7, 11) is 0. The highest BCUT2D eigenvalue weighted by Gasteiger charge is 2.25. The van der Waals surface area contributed by atoms with Crippen molar-refractivity contribution in [3.05, 3.63) is 21.9 Å². The van der Waals surface area contributed by atoms with Crippen molar-refractivity contribution in [1.29, 1.82) is 0 Å². The predicted molar refractivity (Wildman–Crippen MR) is 63.2 cm³/mol. The zero-order valence-corrected chi connectivity index (χ0v) is 10.4. The highest BCUT2D eigenvalue weighted by Crippen LogP contribution is 2.21. The van der Waals surface area contributed by atoms with E-state index in [1.165, 1.54) is 11.3 Å². The summed E-state index contributed by atoms with van der Waals surface area (Å²) in [5.41, 5.74) is 0.781. The van der Waals surface area contributed by atoms with Crippen LogP contribution in [-0.4, -0.2) is 24.5 Å². The Labute approximate surface area is 107 Å². The standard InChI is InChI=1S/C12H13F3O2S/c13-12(14,15)4-2-6-17-8-11-7-10(9-18-11)3-1-5-16/h7,9,16H,2,4-6,8H2. The van der Waals surface area contributed by atoms with Gasteiger partial charge in [0, 0.05) is 28.8 Å². The molecule has 100 valence electrons. The molecule has 0 saturated heterocycles. The van der Waals surface area contributed by atoms with E-state index < -0.39 is 12.6 Å². The van der Waals surface area contributed by atoms with E-state index in [9.17, 15) is 13.2 Å². The van der Waals surface area contributed by atoms with Crippen LogP contribution in [0.2, 0.25) is 0 Å². The fourth-order valence-corrected chi connectivity index (χ4v) is 1.96. The molecule has 18 heavy (non-hydrogen) atoms. The highest BCUT2D eigenvalue weighted by molar-refractivity contribution is 7.10. The van der Waals surface area contributed by atoms with Gasteiger partial charge >= 0.3 is 6.18 Å². The second-order valence-electron chi connectivity index (χ2n) is 3.53. The van der Waals surface area contributed by atoms with Gasteiger partial charge in [0.25, 0.3) is 0 Å². The summed E-state index contributed by atoms with van der Waals surface area (Å²) in [6.45, 7) is 0.192. The topological polar surface area (TPSA) is 29.5 Å². The lowest BCUT2D eigenvalue weighted by molar-refractivity contribution is -0.138. The molecule has 1 rings (SSSR count). The smallest absolute Gasteiger partial charge is 0.384 e. The summed E-state index contributed by atoms with van der Waals surface area (Å²) >= 11 is 1.43. The van der Waals surface area contributed by atoms with Crippen LogP contribution in [0.3, 0.4) is 0 Å². The first-order valence-corrected chi connectivity index (χ1v) is 6.21. The quantitative estimate of drug-likeness (QED) is 0.663. The van der Waals surface area contributed by atoms with E-state index in [2.05, 4.69) is 11.8 Å². The molecule has 0 aliphatic rings. The van der Waals surface area contributed by atoms with E-state index >= 15 is 0 Å². The minimum Gasteiger partial charge on any atom is -0.384 e. The van der Waals surface area contributed by atoms with E-state index in [1.54, 1.807) is 6.07 Å². The van der Waals surface area contributed by atoms with E-state index in [4.69, 9.17) is 9.84 Å². The van der Waals surface area contributed by atoms with Gasteiger partial charge in [-0.15, -0.1) is 11.3 Å². The van der Waals surface area contributed by atoms with Crippen molar-refractivity contribution in [2.45, 2.75) is 25.6 Å². The number of thiophene rings is 1. The van der Waals surface area contributed by atoms with Crippen LogP contribution in [0.25, 0.3) is 0 Å². The van der Waals surface area contributed by atoms with Crippen molar-refractivity contribution in [2.75, 3.05) is 13.2 Å². The summed E-state index contributed by atoms with van der Waals surface area (Å²) in [5, 5.41) is 10.3. The van der Waals surface area contributed by atoms with E-state index in [0.29, 0.717) is 6.61 Å². The Hall–Kier alpha value is -1.03. The molecule has 0 aliphatic carbocycles. The Kier molecular flexibility index (Phi) is 6.19. The molecule has 0 radical (unpaired) electrons. The van der Waals surface area contributed by atoms with Crippen LogP contribution in [0, 0.1) is 11.8 Å². The molecule has 1 N–H and O–H groups in total. The van der Waals surface area contributed by atoms with Gasteiger partial charge in [-0.3, -0.25) is 0 Å². The van der Waals surface area contributed by atoms with Crippen LogP contribution >= 0.6 is 11.3 Å². The van der Waals surface area contributed by atoms with Crippen LogP contribution in [-0.2, 0) is 11.3 Å². The number of hydrogen-bond acceptors (Lipinski definition) is 3. The number of halogens is 3. The number of alkyl halides is 3. The van der Waals surface area contributed by atoms with Crippen LogP contribution in [0.1, 0.15) is 23.3 Å². The maximum absolute atomic E-state index is 11.8. The largest absolute Gasteiger partial charge is 0.389 e. The van der Waals surface area contributed by atoms with Crippen LogP contribution in [0.5, 0.6) is 0 Å². The Morgan fingerprint density at radius 3 is 2.83 bits per heavy atom. The molecule has 1 aromatic heterocycles. The van der Waals surface area contributed by atoms with Gasteiger partial charge in [-0.25, -0.2) is 0 Å². The van der Waals surface area contributed by atoms with Gasteiger partial charge in [0.05, 0.1) is 6.61 Å². The third kappa shape index (κ3) is 6.64. The number of ether oxygens (including phenoxy) is 1. The first-order valence-electron chi connectivity index (χ1n) is 5.33. The van der Waals surface area contributed by atoms with Crippen molar-refractivity contribution in [1.82, 2.24) is 0 Å². The zero-order chi connectivity index (χ0) is 13.4. The summed E-state index contributed by atoms with van der Waals surface area (Å²) in [5.74, 6) is 5.26. The first kappa shape index (κ1) is 15.0. The molecule has 6 heteroatoms. The van der Waals surface area contributed by atoms with Crippen LogP contribution < -0.4 is 0 Å². The third-order valence-corrected chi connectivity index (χ3v) is 2.87. The van der Waals surface area contributed by atoms with Crippen molar-refractivity contribution >= 4 is 11.3 Å². The van der Waals surface area contributed by atoms with E-state index in [1.807, 2.05) is 5.38 Å². The molecule has 0 spiro atoms. The van der Waals surface area contributed by atoms with Gasteiger partial charge in [-0.05, 0) is 12.5 Å². The maximum Gasteiger partial charge on any atom is 0.389 e. The average Bonchev–Trinajstić information content (AvgIpc) is 2.72. The molecular weight excluding hydrogens is 265 g/mol. The lowest BCUT2D eigenvalue weighted by atomic mass is 10.3. The number of rotatable bonds is 5. The Bertz CT molecular complexity index is 415.